The van der Waals surface area contributed by atoms with E-state index in [4.69, 9.17) is 23.7 Å². The fourth-order valence-corrected chi connectivity index (χ4v) is 10.9. The van der Waals surface area contributed by atoms with Crippen LogP contribution in [0, 0.1) is 41.4 Å². The predicted molar refractivity (Wildman–Crippen MR) is 237 cm³/mol. The highest BCUT2D eigenvalue weighted by Gasteiger charge is 2.56. The van der Waals surface area contributed by atoms with Crippen LogP contribution >= 0.6 is 0 Å². The minimum absolute atomic E-state index is 0.0552. The summed E-state index contributed by atoms with van der Waals surface area (Å²) in [5.74, 6) is -7.80. The average molecular weight is 882 g/mol. The molecule has 15 atom stereocenters. The minimum Gasteiger partial charge on any atom is -0.460 e. The van der Waals surface area contributed by atoms with Gasteiger partial charge in [-0.3, -0.25) is 19.2 Å². The van der Waals surface area contributed by atoms with Crippen LogP contribution in [0.15, 0.2) is 47.6 Å². The Morgan fingerprint density at radius 1 is 0.857 bits per heavy atom. The van der Waals surface area contributed by atoms with Crippen molar-refractivity contribution in [1.82, 2.24) is 4.90 Å². The molecule has 1 saturated carbocycles. The molecule has 4 bridgehead atoms. The first-order valence-corrected chi connectivity index (χ1v) is 23.4. The van der Waals surface area contributed by atoms with Gasteiger partial charge in [-0.15, -0.1) is 0 Å². The highest BCUT2D eigenvalue weighted by molar-refractivity contribution is 6.39. The van der Waals surface area contributed by atoms with Crippen LogP contribution in [-0.4, -0.2) is 121 Å². The molecule has 0 radical (unpaired) electrons. The number of esters is 1. The van der Waals surface area contributed by atoms with Gasteiger partial charge in [0.05, 0.1) is 18.3 Å². The first-order chi connectivity index (χ1) is 29.9. The Bertz CT molecular complexity index is 1750. The van der Waals surface area contributed by atoms with Crippen LogP contribution in [-0.2, 0) is 47.7 Å². The van der Waals surface area contributed by atoms with E-state index in [1.54, 1.807) is 41.1 Å². The van der Waals surface area contributed by atoms with Gasteiger partial charge in [-0.25, -0.2) is 4.79 Å². The molecule has 13 nitrogen and oxygen atoms in total. The van der Waals surface area contributed by atoms with Gasteiger partial charge in [0, 0.05) is 58.0 Å². The second-order valence-electron chi connectivity index (χ2n) is 19.4. The third-order valence-electron chi connectivity index (χ3n) is 14.8. The van der Waals surface area contributed by atoms with Gasteiger partial charge in [0.25, 0.3) is 11.7 Å². The first kappa shape index (κ1) is 50.7. The Hall–Kier alpha value is -3.33. The summed E-state index contributed by atoms with van der Waals surface area (Å²) in [7, 11) is 4.74. The van der Waals surface area contributed by atoms with E-state index >= 15 is 0 Å². The molecule has 8 unspecified atom stereocenters. The van der Waals surface area contributed by atoms with Gasteiger partial charge in [-0.2, -0.15) is 0 Å². The van der Waals surface area contributed by atoms with E-state index in [9.17, 15) is 34.2 Å². The predicted octanol–water partition coefficient (Wildman–Crippen LogP) is 6.43. The summed E-state index contributed by atoms with van der Waals surface area (Å²) in [5, 5.41) is 23.3. The van der Waals surface area contributed by atoms with Crippen molar-refractivity contribution in [3.8, 4) is 0 Å². The highest BCUT2D eigenvalue weighted by Crippen LogP contribution is 2.45. The smallest absolute Gasteiger partial charge is 0.329 e. The second kappa shape index (κ2) is 22.7. The Morgan fingerprint density at radius 2 is 1.59 bits per heavy atom. The van der Waals surface area contributed by atoms with Crippen LogP contribution in [0.4, 0.5) is 0 Å². The lowest BCUT2D eigenvalue weighted by Gasteiger charge is -2.50. The Kier molecular flexibility index (Phi) is 18.3. The summed E-state index contributed by atoms with van der Waals surface area (Å²) in [5.41, 5.74) is 1.49. The number of carbonyl (C=O) groups excluding carboxylic acids is 5. The van der Waals surface area contributed by atoms with E-state index in [1.165, 1.54) is 12.0 Å². The topological polar surface area (TPSA) is 175 Å². The van der Waals surface area contributed by atoms with E-state index in [0.717, 1.165) is 18.4 Å². The number of allylic oxidation sites excluding steroid dienone is 7. The summed E-state index contributed by atoms with van der Waals surface area (Å²) >= 11 is 0. The lowest BCUT2D eigenvalue weighted by Crippen LogP contribution is -2.65. The molecule has 0 aromatic rings. The molecule has 4 aliphatic heterocycles. The fourth-order valence-electron chi connectivity index (χ4n) is 10.9. The van der Waals surface area contributed by atoms with Crippen molar-refractivity contribution in [2.45, 2.75) is 167 Å². The third-order valence-corrected chi connectivity index (χ3v) is 14.8. The number of amides is 1. The summed E-state index contributed by atoms with van der Waals surface area (Å²) < 4.78 is 29.5. The monoisotopic (exact) mass is 882 g/mol. The molecular weight excluding hydrogens is 807 g/mol. The van der Waals surface area contributed by atoms with Crippen LogP contribution in [0.1, 0.15) is 119 Å². The van der Waals surface area contributed by atoms with Crippen LogP contribution in [0.2, 0.25) is 0 Å². The van der Waals surface area contributed by atoms with Gasteiger partial charge in [-0.05, 0) is 108 Å². The van der Waals surface area contributed by atoms with Gasteiger partial charge in [-0.1, -0.05) is 69.7 Å². The molecule has 5 rings (SSSR count). The SMILES string of the molecule is COC1CC(CC2[C@H]3CCCN4C(=O)C(=O)C5(O)O[C@H](CC/C(C)=C/C=C/C=C/[C@@H](C)CC(C)C(=O)[C@H](OC)C(O)/C(C)=C/[C@@H](C)C(=O)C[C@@H]2OC(=O)C34)CCC5C)CC[C@H]1OC. The number of ketones is 3. The number of fused-ring (bicyclic) bond motifs is 4. The molecule has 4 fully saturated rings. The zero-order chi connectivity index (χ0) is 46.2. The second-order valence-corrected chi connectivity index (χ2v) is 19.4. The Labute approximate surface area is 375 Å². The maximum Gasteiger partial charge on any atom is 0.329 e. The third kappa shape index (κ3) is 12.1. The zero-order valence-corrected chi connectivity index (χ0v) is 39.2. The number of aliphatic hydroxyl groups is 2. The lowest BCUT2D eigenvalue weighted by atomic mass is 9.68. The van der Waals surface area contributed by atoms with Crippen molar-refractivity contribution in [1.29, 1.82) is 0 Å². The number of carbonyl (C=O) groups is 5. The molecule has 0 aromatic heterocycles. The normalized spacial score (nSPS) is 42.5. The van der Waals surface area contributed by atoms with Crippen molar-refractivity contribution >= 4 is 29.2 Å². The largest absolute Gasteiger partial charge is 0.460 e. The number of nitrogens with zero attached hydrogens (tertiary/aromatic N) is 1. The molecule has 0 aromatic carbocycles. The number of ether oxygens (including phenoxy) is 5. The number of aliphatic hydroxyl groups excluding tert-OH is 1. The number of methoxy groups -OCH3 is 3. The molecule has 63 heavy (non-hydrogen) atoms. The van der Waals surface area contributed by atoms with Crippen molar-refractivity contribution in [3.63, 3.8) is 0 Å². The van der Waals surface area contributed by atoms with Crippen molar-refractivity contribution < 1.29 is 57.9 Å². The molecule has 1 aliphatic carbocycles. The first-order valence-electron chi connectivity index (χ1n) is 23.4. The van der Waals surface area contributed by atoms with Gasteiger partial charge < -0.3 is 38.8 Å². The molecule has 13 heteroatoms. The summed E-state index contributed by atoms with van der Waals surface area (Å²) in [4.78, 5) is 72.0. The Balaban J connectivity index is 1.49. The van der Waals surface area contributed by atoms with Crippen LogP contribution in [0.3, 0.4) is 0 Å². The molecule has 1 amide bonds. The molecule has 0 spiro atoms. The number of piperidine rings is 1. The van der Waals surface area contributed by atoms with Crippen molar-refractivity contribution in [2.24, 2.45) is 41.4 Å². The van der Waals surface area contributed by atoms with Gasteiger partial charge in [0.2, 0.25) is 5.79 Å². The molecular formula is C50H75NO12. The number of Topliss-reactive ketones (excluding diaryl/α,β-unsaturated/α-hetero) is 3. The summed E-state index contributed by atoms with van der Waals surface area (Å²) in [6.45, 7) is 11.1. The van der Waals surface area contributed by atoms with E-state index < -0.39 is 77.6 Å². The Morgan fingerprint density at radius 3 is 2.29 bits per heavy atom. The number of hydrogen-bond donors (Lipinski definition) is 2. The zero-order valence-electron chi connectivity index (χ0n) is 39.2. The lowest BCUT2D eigenvalue weighted by molar-refractivity contribution is -0.263. The molecule has 5 aliphatic rings. The van der Waals surface area contributed by atoms with Crippen molar-refractivity contribution in [3.05, 3.63) is 47.6 Å². The molecule has 352 valence electrons. The van der Waals surface area contributed by atoms with Crippen LogP contribution in [0.25, 0.3) is 0 Å². The molecule has 3 saturated heterocycles. The standard InChI is InChI=1S/C50H75NO12/c1-29-14-11-10-12-15-30(2)24-32(4)44(53)46(61-9)45(54)33(5)25-31(3)39(52)28-41-38(26-35-19-22-40(59-7)42(27-35)60-8)37-16-13-23-51(43(37)49(57)62-41)48(56)47(55)50(58)34(6)18-21-36(63-50)20-17-29/h10-12,14-15,25,30-32,34-38,40-43,45-46,54,58H,13,16-24,26-28H2,1-9H3/b11-10+,15-12+,29-14+,33-25+/t30-,31-,32?,34?,35?,36-,37-,38?,40-,41+,42?,43?,45?,46+,50?/m1/s1. The number of rotatable bonds is 5. The van der Waals surface area contributed by atoms with Crippen LogP contribution in [0.5, 0.6) is 0 Å². The van der Waals surface area contributed by atoms with Crippen molar-refractivity contribution in [2.75, 3.05) is 27.9 Å². The van der Waals surface area contributed by atoms with E-state index in [2.05, 4.69) is 0 Å². The minimum atomic E-state index is -2.35. The molecule has 2 N–H and O–H groups in total. The van der Waals surface area contributed by atoms with Gasteiger partial charge >= 0.3 is 5.97 Å². The average Bonchev–Trinajstić information content (AvgIpc) is 3.26. The quantitative estimate of drug-likeness (QED) is 0.176. The van der Waals surface area contributed by atoms with Crippen LogP contribution < -0.4 is 0 Å². The van der Waals surface area contributed by atoms with E-state index in [1.807, 2.05) is 51.2 Å². The maximum absolute atomic E-state index is 14.4. The van der Waals surface area contributed by atoms with Gasteiger partial charge in [0.15, 0.2) is 5.78 Å². The van der Waals surface area contributed by atoms with Gasteiger partial charge in [0.1, 0.15) is 30.1 Å². The summed E-state index contributed by atoms with van der Waals surface area (Å²) in [6, 6.07) is -1.08. The maximum atomic E-state index is 14.4. The molecule has 4 heterocycles. The highest BCUT2D eigenvalue weighted by atomic mass is 16.6. The summed E-state index contributed by atoms with van der Waals surface area (Å²) in [6.07, 6.45) is 14.3. The van der Waals surface area contributed by atoms with E-state index in [-0.39, 0.29) is 54.5 Å². The van der Waals surface area contributed by atoms with E-state index in [0.29, 0.717) is 63.4 Å². The fraction of sp³-hybridized carbons (Fsp3) is 0.740. The number of hydrogen-bond acceptors (Lipinski definition) is 12.